The van der Waals surface area contributed by atoms with Gasteiger partial charge in [0.1, 0.15) is 24.2 Å². The number of amides is 8. The molecule has 0 aliphatic carbocycles. The molecule has 0 saturated heterocycles. The summed E-state index contributed by atoms with van der Waals surface area (Å²) in [6.45, 7) is 12.6. The molecule has 0 spiro atoms. The molecule has 4 aromatic rings. The van der Waals surface area contributed by atoms with E-state index in [0.717, 1.165) is 0 Å². The molecule has 490 valence electrons. The monoisotopic (exact) mass is 1740 g/mol. The molecule has 8 rings (SSSR count). The molecule has 0 aromatic heterocycles. The second-order valence-electron chi connectivity index (χ2n) is 20.1. The van der Waals surface area contributed by atoms with E-state index >= 15 is 0 Å². The largest absolute Gasteiger partial charge is 0.480 e. The van der Waals surface area contributed by atoms with E-state index in [2.05, 4.69) is 0 Å². The van der Waals surface area contributed by atoms with Gasteiger partial charge in [-0.3, -0.25) is 58.0 Å². The molecule has 4 heterocycles. The topological polar surface area (TPSA) is 299 Å². The maximum absolute atomic E-state index is 12.5. The Labute approximate surface area is 615 Å². The van der Waals surface area contributed by atoms with Crippen LogP contribution in [-0.4, -0.2) is 135 Å². The van der Waals surface area contributed by atoms with Gasteiger partial charge in [-0.15, -0.1) is 0 Å². The van der Waals surface area contributed by atoms with Crippen molar-refractivity contribution in [3.63, 3.8) is 0 Å². The normalized spacial score (nSPS) is 15.2. The number of hydrogen-bond donors (Lipinski definition) is 4. The molecule has 2 unspecified atom stereocenters. The van der Waals surface area contributed by atoms with Gasteiger partial charge in [0, 0.05) is 39.0 Å². The van der Waals surface area contributed by atoms with Crippen molar-refractivity contribution in [1.29, 1.82) is 0 Å². The molecular formula is C52H36Cl16N4O16Rh2. The van der Waals surface area contributed by atoms with Gasteiger partial charge in [0.2, 0.25) is 0 Å². The summed E-state index contributed by atoms with van der Waals surface area (Å²) >= 11 is 94.9. The molecule has 20 nitrogen and oxygen atoms in total. The number of nitrogens with zero attached hydrogens (tertiary/aromatic N) is 4. The molecule has 2 radical (unpaired) electrons. The number of fused-ring (bicyclic) bond motifs is 4. The fourth-order valence-corrected chi connectivity index (χ4v) is 13.3. The molecule has 4 atom stereocenters. The summed E-state index contributed by atoms with van der Waals surface area (Å²) in [6.07, 6.45) is 0. The minimum atomic E-state index is -1.35. The molecule has 4 aliphatic rings. The van der Waals surface area contributed by atoms with Crippen molar-refractivity contribution < 1.29 is 117 Å². The van der Waals surface area contributed by atoms with Crippen LogP contribution >= 0.6 is 186 Å². The summed E-state index contributed by atoms with van der Waals surface area (Å²) in [5.74, 6) is -14.1. The smallest absolute Gasteiger partial charge is 0.327 e. The van der Waals surface area contributed by atoms with Crippen molar-refractivity contribution in [2.45, 2.75) is 79.6 Å². The Hall–Kier alpha value is -2.79. The second-order valence-corrected chi connectivity index (χ2v) is 26.1. The van der Waals surface area contributed by atoms with Crippen LogP contribution in [0.15, 0.2) is 0 Å². The SMILES string of the molecule is CC(C)C(C(=O)O)N1C(=O)c2c(Cl)c(Cl)c(Cl)c(Cl)c2C1=O.CC(C)C(C(=O)O)N1C(=O)c2c(Cl)c(Cl)c(Cl)c(Cl)c2C1=O.CC(C)[C@@H](C(=O)O)N1C(=O)c2c(Cl)c(Cl)c(Cl)c(Cl)c2C1=O.CC(C)[C@@H](C(=O)O)N1C(=O)c2c(Cl)c(Cl)c(Cl)c(Cl)c2C1=O.[Rh].[Rh]. The van der Waals surface area contributed by atoms with Crippen LogP contribution in [0.2, 0.25) is 80.4 Å². The Morgan fingerprint density at radius 1 is 0.233 bits per heavy atom. The van der Waals surface area contributed by atoms with Crippen LogP contribution in [-0.2, 0) is 58.1 Å². The predicted molar refractivity (Wildman–Crippen MR) is 333 cm³/mol. The Bertz CT molecular complexity index is 3180. The van der Waals surface area contributed by atoms with E-state index in [4.69, 9.17) is 186 Å². The number of hydrogen-bond acceptors (Lipinski definition) is 12. The van der Waals surface area contributed by atoms with Crippen molar-refractivity contribution >= 4 is 257 Å². The van der Waals surface area contributed by atoms with Gasteiger partial charge in [-0.05, 0) is 23.7 Å². The van der Waals surface area contributed by atoms with Gasteiger partial charge < -0.3 is 20.4 Å². The number of imide groups is 4. The molecule has 90 heavy (non-hydrogen) atoms. The average Bonchev–Trinajstić information content (AvgIpc) is 1.63. The van der Waals surface area contributed by atoms with E-state index in [1.165, 1.54) is 0 Å². The number of benzene rings is 4. The zero-order chi connectivity index (χ0) is 67.7. The van der Waals surface area contributed by atoms with E-state index < -0.39 is 119 Å². The summed E-state index contributed by atoms with van der Waals surface area (Å²) in [5, 5.41) is 34.1. The minimum absolute atomic E-state index is 0. The van der Waals surface area contributed by atoms with Crippen LogP contribution in [0.25, 0.3) is 0 Å². The van der Waals surface area contributed by atoms with Crippen LogP contribution < -0.4 is 0 Å². The van der Waals surface area contributed by atoms with Crippen molar-refractivity contribution in [3.8, 4) is 0 Å². The van der Waals surface area contributed by atoms with Crippen LogP contribution in [0, 0.1) is 23.7 Å². The molecule has 8 amide bonds. The van der Waals surface area contributed by atoms with Gasteiger partial charge in [-0.25, -0.2) is 19.2 Å². The number of carbonyl (C=O) groups is 12. The summed E-state index contributed by atoms with van der Waals surface area (Å²) in [4.78, 5) is 148. The third kappa shape index (κ3) is 14.3. The van der Waals surface area contributed by atoms with E-state index in [-0.39, 0.29) is 164 Å². The van der Waals surface area contributed by atoms with E-state index in [9.17, 15) is 78.0 Å². The number of aliphatic carboxylic acids is 4. The zero-order valence-electron chi connectivity index (χ0n) is 45.8. The maximum Gasteiger partial charge on any atom is 0.327 e. The first-order valence-corrected chi connectivity index (χ1v) is 30.3. The molecule has 38 heteroatoms. The van der Waals surface area contributed by atoms with Gasteiger partial charge in [0.25, 0.3) is 47.3 Å². The van der Waals surface area contributed by atoms with E-state index in [1.54, 1.807) is 55.4 Å². The van der Waals surface area contributed by atoms with Gasteiger partial charge in [-0.2, -0.15) is 0 Å². The average molecular weight is 1750 g/mol. The Kier molecular flexibility index (Phi) is 28.4. The molecule has 4 N–H and O–H groups in total. The molecule has 4 aliphatic heterocycles. The number of halogens is 16. The zero-order valence-corrected chi connectivity index (χ0v) is 61.2. The first-order valence-electron chi connectivity index (χ1n) is 24.3. The second kappa shape index (κ2) is 31.4. The molecule has 0 fully saturated rings. The van der Waals surface area contributed by atoms with Crippen LogP contribution in [0.1, 0.15) is 138 Å². The van der Waals surface area contributed by atoms with Crippen LogP contribution in [0.5, 0.6) is 0 Å². The van der Waals surface area contributed by atoms with Crippen LogP contribution in [0.4, 0.5) is 0 Å². The van der Waals surface area contributed by atoms with E-state index in [1.807, 2.05) is 0 Å². The maximum atomic E-state index is 12.5. The van der Waals surface area contributed by atoms with E-state index in [0.29, 0.717) is 19.6 Å². The Morgan fingerprint density at radius 2 is 0.322 bits per heavy atom. The summed E-state index contributed by atoms with van der Waals surface area (Å²) in [6, 6.07) is -5.40. The Morgan fingerprint density at radius 3 is 0.389 bits per heavy atom. The van der Waals surface area contributed by atoms with Gasteiger partial charge >= 0.3 is 23.9 Å². The first-order chi connectivity index (χ1) is 40.4. The molecular weight excluding hydrogens is 1710 g/mol. The van der Waals surface area contributed by atoms with Gasteiger partial charge in [0.05, 0.1) is 125 Å². The number of carboxylic acid groups (broad SMARTS) is 4. The standard InChI is InChI=1S/4C13H9Cl4NO4.2Rh/c4*1-3(2)10(13(21)22)18-11(19)4-5(12(18)20)7(15)9(17)8(16)6(4)14;;/h4*3,10H,1-2H3,(H,21,22);;/t2*10-;;;;/m00..../s1. The fraction of sp³-hybridized carbons (Fsp3) is 0.308. The van der Waals surface area contributed by atoms with Crippen molar-refractivity contribution in [2.24, 2.45) is 23.7 Å². The molecule has 0 saturated carbocycles. The Balaban J connectivity index is 0.000000311. The number of rotatable bonds is 12. The summed E-state index contributed by atoms with van der Waals surface area (Å²) in [7, 11) is 0. The quantitative estimate of drug-likeness (QED) is 0.0443. The third-order valence-electron chi connectivity index (χ3n) is 13.2. The van der Waals surface area contributed by atoms with Crippen molar-refractivity contribution in [2.75, 3.05) is 0 Å². The number of carboxylic acids is 4. The summed E-state index contributed by atoms with van der Waals surface area (Å²) < 4.78 is 0. The first kappa shape index (κ1) is 81.4. The fourth-order valence-electron chi connectivity index (χ4n) is 9.25. The minimum Gasteiger partial charge on any atom is -0.480 e. The van der Waals surface area contributed by atoms with Gasteiger partial charge in [-0.1, -0.05) is 241 Å². The van der Waals surface area contributed by atoms with Crippen molar-refractivity contribution in [3.05, 3.63) is 125 Å². The summed E-state index contributed by atoms with van der Waals surface area (Å²) in [5.41, 5.74) is -1.79. The predicted octanol–water partition coefficient (Wildman–Crippen LogP) is 16.0. The number of carbonyl (C=O) groups excluding carboxylic acids is 8. The molecule has 0 bridgehead atoms. The molecule has 4 aromatic carbocycles. The third-order valence-corrected chi connectivity index (χ3v) is 20.4. The van der Waals surface area contributed by atoms with Gasteiger partial charge in [0.15, 0.2) is 0 Å². The van der Waals surface area contributed by atoms with Crippen molar-refractivity contribution in [1.82, 2.24) is 19.6 Å². The van der Waals surface area contributed by atoms with Crippen LogP contribution in [0.3, 0.4) is 0 Å².